The molecule has 23 heavy (non-hydrogen) atoms. The molecule has 0 unspecified atom stereocenters. The Hall–Kier alpha value is -1.91. The van der Waals surface area contributed by atoms with Gasteiger partial charge in [0, 0.05) is 10.6 Å². The molecule has 1 aromatic heterocycles. The Morgan fingerprint density at radius 1 is 1.26 bits per heavy atom. The molecule has 0 saturated heterocycles. The van der Waals surface area contributed by atoms with Crippen molar-refractivity contribution in [3.63, 3.8) is 0 Å². The Morgan fingerprint density at radius 2 is 1.91 bits per heavy atom. The van der Waals surface area contributed by atoms with Crippen LogP contribution in [0.4, 0.5) is 18.9 Å². The first kappa shape index (κ1) is 17.4. The molecule has 2 rings (SSSR count). The van der Waals surface area contributed by atoms with E-state index in [1.807, 2.05) is 0 Å². The molecule has 0 fully saturated rings. The van der Waals surface area contributed by atoms with Gasteiger partial charge in [-0.1, -0.05) is 6.07 Å². The second-order valence-electron chi connectivity index (χ2n) is 4.54. The molecule has 0 spiro atoms. The Bertz CT molecular complexity index is 856. The summed E-state index contributed by atoms with van der Waals surface area (Å²) < 4.78 is 68.5. The summed E-state index contributed by atoms with van der Waals surface area (Å²) in [7, 11) is -4.45. The van der Waals surface area contributed by atoms with Gasteiger partial charge in [-0.15, -0.1) is 11.3 Å². The first-order valence-corrected chi connectivity index (χ1v) is 8.30. The average molecular weight is 365 g/mol. The normalized spacial score (nSPS) is 12.2. The highest BCUT2D eigenvalue weighted by Gasteiger charge is 2.30. The molecule has 0 saturated carbocycles. The van der Waals surface area contributed by atoms with Crippen LogP contribution in [-0.4, -0.2) is 18.9 Å². The van der Waals surface area contributed by atoms with Crippen LogP contribution in [0.2, 0.25) is 0 Å². The molecule has 0 aliphatic heterocycles. The van der Waals surface area contributed by atoms with Gasteiger partial charge in [0.05, 0.1) is 11.1 Å². The quantitative estimate of drug-likeness (QED) is 0.815. The van der Waals surface area contributed by atoms with Crippen LogP contribution < -0.4 is 5.32 Å². The van der Waals surface area contributed by atoms with E-state index >= 15 is 0 Å². The van der Waals surface area contributed by atoms with Gasteiger partial charge in [0.25, 0.3) is 5.91 Å². The number of nitrogens with one attached hydrogen (secondary N) is 1. The summed E-state index contributed by atoms with van der Waals surface area (Å²) in [5.74, 6) is -0.770. The van der Waals surface area contributed by atoms with Crippen LogP contribution in [-0.2, 0) is 16.3 Å². The van der Waals surface area contributed by atoms with E-state index in [0.29, 0.717) is 16.2 Å². The van der Waals surface area contributed by atoms with Crippen molar-refractivity contribution < 1.29 is 30.9 Å². The van der Waals surface area contributed by atoms with Crippen molar-refractivity contribution in [2.45, 2.75) is 17.3 Å². The number of halogens is 3. The number of amides is 1. The lowest BCUT2D eigenvalue weighted by Crippen LogP contribution is -2.13. The summed E-state index contributed by atoms with van der Waals surface area (Å²) in [6.07, 6.45) is -4.54. The summed E-state index contributed by atoms with van der Waals surface area (Å²) in [6.45, 7) is 1.46. The van der Waals surface area contributed by atoms with E-state index in [1.165, 1.54) is 13.0 Å². The molecule has 0 bridgehead atoms. The van der Waals surface area contributed by atoms with E-state index in [4.69, 9.17) is 4.55 Å². The van der Waals surface area contributed by atoms with Gasteiger partial charge in [0.1, 0.15) is 4.21 Å². The molecule has 2 aromatic rings. The van der Waals surface area contributed by atoms with E-state index in [9.17, 15) is 26.4 Å². The van der Waals surface area contributed by atoms with Crippen molar-refractivity contribution in [2.24, 2.45) is 0 Å². The molecular weight excluding hydrogens is 355 g/mol. The molecule has 1 aromatic carbocycles. The van der Waals surface area contributed by atoms with Crippen LogP contribution in [0.25, 0.3) is 0 Å². The molecule has 124 valence electrons. The van der Waals surface area contributed by atoms with Crippen LogP contribution in [0.15, 0.2) is 34.5 Å². The molecule has 1 heterocycles. The molecule has 10 heteroatoms. The Labute approximate surface area is 133 Å². The average Bonchev–Trinajstić information content (AvgIpc) is 2.80. The number of rotatable bonds is 3. The summed E-state index contributed by atoms with van der Waals surface area (Å²) >= 11 is 0.689. The lowest BCUT2D eigenvalue weighted by Gasteiger charge is -2.09. The SMILES string of the molecule is Cc1sc(S(=O)(=O)O)cc1C(=O)Nc1cccc(C(F)(F)F)c1. The van der Waals surface area contributed by atoms with Gasteiger partial charge in [-0.25, -0.2) is 0 Å². The number of thiophene rings is 1. The zero-order chi connectivity index (χ0) is 17.4. The topological polar surface area (TPSA) is 83.5 Å². The maximum Gasteiger partial charge on any atom is 0.416 e. The first-order chi connectivity index (χ1) is 10.5. The number of carbonyl (C=O) groups excluding carboxylic acids is 1. The lowest BCUT2D eigenvalue weighted by molar-refractivity contribution is -0.137. The van der Waals surface area contributed by atoms with Gasteiger partial charge < -0.3 is 5.32 Å². The van der Waals surface area contributed by atoms with E-state index in [2.05, 4.69) is 5.32 Å². The fraction of sp³-hybridized carbons (Fsp3) is 0.154. The standard InChI is InChI=1S/C13H10F3NO4S2/c1-7-10(6-11(22-7)23(19,20)21)12(18)17-9-4-2-3-8(5-9)13(14,15)16/h2-6H,1H3,(H,17,18)(H,19,20,21). The minimum absolute atomic E-state index is 0.0416. The summed E-state index contributed by atoms with van der Waals surface area (Å²) in [5, 5.41) is 2.27. The van der Waals surface area contributed by atoms with Gasteiger partial charge in [0.2, 0.25) is 0 Å². The predicted octanol–water partition coefficient (Wildman–Crippen LogP) is 3.57. The van der Waals surface area contributed by atoms with Crippen LogP contribution in [0, 0.1) is 6.92 Å². The zero-order valence-corrected chi connectivity index (χ0v) is 13.1. The molecule has 5 nitrogen and oxygen atoms in total. The number of benzene rings is 1. The fourth-order valence-electron chi connectivity index (χ4n) is 1.78. The number of hydrogen-bond acceptors (Lipinski definition) is 4. The molecule has 0 atom stereocenters. The number of alkyl halides is 3. The Morgan fingerprint density at radius 3 is 2.43 bits per heavy atom. The van der Waals surface area contributed by atoms with Gasteiger partial charge >= 0.3 is 16.3 Å². The van der Waals surface area contributed by atoms with Gasteiger partial charge in [-0.05, 0) is 31.2 Å². The smallest absolute Gasteiger partial charge is 0.322 e. The lowest BCUT2D eigenvalue weighted by atomic mass is 10.2. The van der Waals surface area contributed by atoms with Gasteiger partial charge in [-0.2, -0.15) is 21.6 Å². The molecule has 0 aliphatic rings. The Balaban J connectivity index is 2.28. The molecule has 2 N–H and O–H groups in total. The third-order valence-electron chi connectivity index (χ3n) is 2.84. The maximum absolute atomic E-state index is 12.6. The minimum Gasteiger partial charge on any atom is -0.322 e. The van der Waals surface area contributed by atoms with Gasteiger partial charge in [-0.3, -0.25) is 9.35 Å². The van der Waals surface area contributed by atoms with E-state index in [0.717, 1.165) is 24.3 Å². The van der Waals surface area contributed by atoms with Crippen molar-refractivity contribution >= 4 is 33.0 Å². The number of carbonyl (C=O) groups is 1. The third-order valence-corrected chi connectivity index (χ3v) is 5.20. The monoisotopic (exact) mass is 365 g/mol. The molecule has 0 radical (unpaired) electrons. The van der Waals surface area contributed by atoms with Crippen LogP contribution in [0.1, 0.15) is 20.8 Å². The second-order valence-corrected chi connectivity index (χ2v) is 7.45. The number of hydrogen-bond donors (Lipinski definition) is 2. The van der Waals surface area contributed by atoms with Gasteiger partial charge in [0.15, 0.2) is 0 Å². The third kappa shape index (κ3) is 4.09. The van der Waals surface area contributed by atoms with Crippen molar-refractivity contribution in [1.82, 2.24) is 0 Å². The molecule has 0 aliphatic carbocycles. The summed E-state index contributed by atoms with van der Waals surface area (Å²) in [4.78, 5) is 12.4. The highest BCUT2D eigenvalue weighted by molar-refractivity contribution is 7.88. The summed E-state index contributed by atoms with van der Waals surface area (Å²) in [5.41, 5.74) is -1.04. The molecule has 1 amide bonds. The van der Waals surface area contributed by atoms with Crippen molar-refractivity contribution in [3.8, 4) is 0 Å². The van der Waals surface area contributed by atoms with Crippen LogP contribution in [0.3, 0.4) is 0 Å². The number of anilines is 1. The van der Waals surface area contributed by atoms with E-state index in [1.54, 1.807) is 0 Å². The maximum atomic E-state index is 12.6. The first-order valence-electron chi connectivity index (χ1n) is 6.05. The van der Waals surface area contributed by atoms with Crippen molar-refractivity contribution in [1.29, 1.82) is 0 Å². The van der Waals surface area contributed by atoms with E-state index < -0.39 is 32.0 Å². The van der Waals surface area contributed by atoms with Crippen molar-refractivity contribution in [2.75, 3.05) is 5.32 Å². The largest absolute Gasteiger partial charge is 0.416 e. The zero-order valence-electron chi connectivity index (χ0n) is 11.5. The van der Waals surface area contributed by atoms with Crippen LogP contribution in [0.5, 0.6) is 0 Å². The van der Waals surface area contributed by atoms with Crippen molar-refractivity contribution in [3.05, 3.63) is 46.3 Å². The molecular formula is C13H10F3NO4S2. The predicted molar refractivity (Wildman–Crippen MR) is 78.3 cm³/mol. The highest BCUT2D eigenvalue weighted by atomic mass is 32.3. The highest BCUT2D eigenvalue weighted by Crippen LogP contribution is 2.31. The number of aryl methyl sites for hydroxylation is 1. The van der Waals surface area contributed by atoms with Crippen LogP contribution >= 0.6 is 11.3 Å². The second kappa shape index (κ2) is 5.95. The minimum atomic E-state index is -4.54. The Kier molecular flexibility index (Phi) is 4.51. The van der Waals surface area contributed by atoms with E-state index in [-0.39, 0.29) is 11.3 Å². The summed E-state index contributed by atoms with van der Waals surface area (Å²) in [6, 6.07) is 5.02. The fourth-order valence-corrected chi connectivity index (χ4v) is 3.58.